The number of benzene rings is 1. The topological polar surface area (TPSA) is 110 Å². The van der Waals surface area contributed by atoms with E-state index in [1.807, 2.05) is 6.92 Å². The molecule has 0 unspecified atom stereocenters. The van der Waals surface area contributed by atoms with Gasteiger partial charge >= 0.3 is 0 Å². The number of rotatable bonds is 4. The average molecular weight is 331 g/mol. The number of hydrogen-bond donors (Lipinski definition) is 1. The summed E-state index contributed by atoms with van der Waals surface area (Å²) in [4.78, 5) is 35.7. The van der Waals surface area contributed by atoms with Crippen LogP contribution in [0.15, 0.2) is 23.1 Å². The molecule has 8 heteroatoms. The van der Waals surface area contributed by atoms with Gasteiger partial charge in [-0.1, -0.05) is 0 Å². The van der Waals surface area contributed by atoms with E-state index in [1.165, 1.54) is 19.2 Å². The summed E-state index contributed by atoms with van der Waals surface area (Å²) in [5, 5.41) is 13.3. The van der Waals surface area contributed by atoms with Crippen molar-refractivity contribution in [3.05, 3.63) is 34.1 Å². The van der Waals surface area contributed by atoms with Gasteiger partial charge in [0, 0.05) is 18.8 Å². The molecule has 3 rings (SSSR count). The molecule has 1 aliphatic heterocycles. The highest BCUT2D eigenvalue weighted by atomic mass is 16.7. The third kappa shape index (κ3) is 2.55. The van der Waals surface area contributed by atoms with Gasteiger partial charge in [-0.05, 0) is 19.9 Å². The van der Waals surface area contributed by atoms with Gasteiger partial charge in [0.05, 0.1) is 22.9 Å². The van der Waals surface area contributed by atoms with Crippen LogP contribution in [0.4, 0.5) is 0 Å². The summed E-state index contributed by atoms with van der Waals surface area (Å²) in [5.41, 5.74) is -0.0383. The number of carbonyl (C=O) groups excluding carboxylic acids is 2. The van der Waals surface area contributed by atoms with Crippen LogP contribution in [0, 0.1) is 0 Å². The lowest BCUT2D eigenvalue weighted by atomic mass is 10.1. The molecule has 2 heterocycles. The molecule has 2 aromatic rings. The Hall–Kier alpha value is -3.03. The molecule has 126 valence electrons. The van der Waals surface area contributed by atoms with Gasteiger partial charge in [-0.25, -0.2) is 0 Å². The Bertz CT molecular complexity index is 902. The minimum absolute atomic E-state index is 0.0719. The van der Waals surface area contributed by atoms with Crippen LogP contribution in [0.5, 0.6) is 11.5 Å². The molecule has 0 aliphatic carbocycles. The van der Waals surface area contributed by atoms with Crippen LogP contribution < -0.4 is 25.3 Å². The fourth-order valence-corrected chi connectivity index (χ4v) is 2.54. The smallest absolute Gasteiger partial charge is 0.257 e. The third-order valence-electron chi connectivity index (χ3n) is 3.86. The SMILES string of the molecule is CCn1cc(C(=O)N[C@@H](C)C(=O)[O-])c(=O)c2cc3c(cc21)OCO3. The van der Waals surface area contributed by atoms with Crippen molar-refractivity contribution in [2.75, 3.05) is 6.79 Å². The lowest BCUT2D eigenvalue weighted by molar-refractivity contribution is -0.307. The zero-order valence-corrected chi connectivity index (χ0v) is 13.1. The van der Waals surface area contributed by atoms with E-state index in [4.69, 9.17) is 9.47 Å². The van der Waals surface area contributed by atoms with Gasteiger partial charge in [0.25, 0.3) is 5.91 Å². The molecule has 1 aromatic heterocycles. The number of carboxylic acid groups (broad SMARTS) is 1. The van der Waals surface area contributed by atoms with E-state index in [2.05, 4.69) is 5.32 Å². The predicted molar refractivity (Wildman–Crippen MR) is 81.9 cm³/mol. The number of aryl methyl sites for hydroxylation is 1. The molecule has 1 N–H and O–H groups in total. The standard InChI is InChI=1S/C16H16N2O6/c1-3-18-6-10(15(20)17-8(2)16(21)22)14(19)9-4-12-13(5-11(9)18)24-7-23-12/h4-6,8H,3,7H2,1-2H3,(H,17,20)(H,21,22)/p-1/t8-/m0/s1. The number of nitrogens with zero attached hydrogens (tertiary/aromatic N) is 1. The largest absolute Gasteiger partial charge is 0.548 e. The van der Waals surface area contributed by atoms with Crippen molar-refractivity contribution >= 4 is 22.8 Å². The van der Waals surface area contributed by atoms with Crippen molar-refractivity contribution in [1.29, 1.82) is 0 Å². The maximum atomic E-state index is 12.7. The van der Waals surface area contributed by atoms with Crippen LogP contribution in [-0.4, -0.2) is 29.3 Å². The van der Waals surface area contributed by atoms with Crippen molar-refractivity contribution in [3.8, 4) is 11.5 Å². The van der Waals surface area contributed by atoms with Crippen LogP contribution in [0.25, 0.3) is 10.9 Å². The zero-order chi connectivity index (χ0) is 17.4. The number of amides is 1. The summed E-state index contributed by atoms with van der Waals surface area (Å²) in [6.07, 6.45) is 1.41. The lowest BCUT2D eigenvalue weighted by Gasteiger charge is -2.16. The molecular weight excluding hydrogens is 316 g/mol. The Balaban J connectivity index is 2.14. The highest BCUT2D eigenvalue weighted by Gasteiger charge is 2.21. The Kier molecular flexibility index (Phi) is 3.88. The molecular formula is C16H15N2O6-. The molecule has 1 amide bonds. The summed E-state index contributed by atoms with van der Waals surface area (Å²) in [6.45, 7) is 3.71. The molecule has 0 saturated carbocycles. The number of aromatic nitrogens is 1. The normalized spacial score (nSPS) is 13.8. The maximum Gasteiger partial charge on any atom is 0.257 e. The summed E-state index contributed by atoms with van der Waals surface area (Å²) in [5.74, 6) is -1.23. The summed E-state index contributed by atoms with van der Waals surface area (Å²) in [7, 11) is 0. The summed E-state index contributed by atoms with van der Waals surface area (Å²) >= 11 is 0. The first-order valence-electron chi connectivity index (χ1n) is 7.41. The zero-order valence-electron chi connectivity index (χ0n) is 13.1. The van der Waals surface area contributed by atoms with E-state index in [0.29, 0.717) is 28.9 Å². The number of pyridine rings is 1. The van der Waals surface area contributed by atoms with Gasteiger partial charge in [-0.2, -0.15) is 0 Å². The van der Waals surface area contributed by atoms with Gasteiger partial charge < -0.3 is 29.3 Å². The highest BCUT2D eigenvalue weighted by molar-refractivity contribution is 5.99. The summed E-state index contributed by atoms with van der Waals surface area (Å²) in [6, 6.07) is 2.01. The first kappa shape index (κ1) is 15.9. The van der Waals surface area contributed by atoms with E-state index in [-0.39, 0.29) is 12.4 Å². The monoisotopic (exact) mass is 331 g/mol. The number of ether oxygens (including phenoxy) is 2. The van der Waals surface area contributed by atoms with Crippen molar-refractivity contribution in [2.45, 2.75) is 26.4 Å². The Labute approximate surface area is 136 Å². The van der Waals surface area contributed by atoms with E-state index in [9.17, 15) is 19.5 Å². The molecule has 1 aliphatic rings. The molecule has 8 nitrogen and oxygen atoms in total. The lowest BCUT2D eigenvalue weighted by Crippen LogP contribution is -2.46. The fourth-order valence-electron chi connectivity index (χ4n) is 2.54. The fraction of sp³-hybridized carbons (Fsp3) is 0.312. The first-order valence-corrected chi connectivity index (χ1v) is 7.41. The second-order valence-corrected chi connectivity index (χ2v) is 5.39. The molecule has 0 fully saturated rings. The summed E-state index contributed by atoms with van der Waals surface area (Å²) < 4.78 is 12.3. The van der Waals surface area contributed by atoms with Crippen LogP contribution in [0.1, 0.15) is 24.2 Å². The first-order chi connectivity index (χ1) is 11.4. The molecule has 1 aromatic carbocycles. The van der Waals surface area contributed by atoms with Crippen LogP contribution >= 0.6 is 0 Å². The molecule has 0 bridgehead atoms. The second kappa shape index (κ2) is 5.88. The van der Waals surface area contributed by atoms with E-state index in [0.717, 1.165) is 0 Å². The molecule has 1 atom stereocenters. The average Bonchev–Trinajstić information content (AvgIpc) is 3.01. The van der Waals surface area contributed by atoms with Gasteiger partial charge in [0.2, 0.25) is 12.2 Å². The van der Waals surface area contributed by atoms with Crippen molar-refractivity contribution in [2.24, 2.45) is 0 Å². The van der Waals surface area contributed by atoms with Crippen molar-refractivity contribution < 1.29 is 24.2 Å². The predicted octanol–water partition coefficient (Wildman–Crippen LogP) is -0.382. The van der Waals surface area contributed by atoms with Crippen LogP contribution in [0.2, 0.25) is 0 Å². The minimum Gasteiger partial charge on any atom is -0.548 e. The second-order valence-electron chi connectivity index (χ2n) is 5.39. The van der Waals surface area contributed by atoms with Crippen LogP contribution in [-0.2, 0) is 11.3 Å². The van der Waals surface area contributed by atoms with E-state index < -0.39 is 23.3 Å². The highest BCUT2D eigenvalue weighted by Crippen LogP contribution is 2.35. The Morgan fingerprint density at radius 1 is 1.33 bits per heavy atom. The van der Waals surface area contributed by atoms with Crippen molar-refractivity contribution in [3.63, 3.8) is 0 Å². The minimum atomic E-state index is -1.43. The number of hydrogen-bond acceptors (Lipinski definition) is 6. The Morgan fingerprint density at radius 3 is 2.62 bits per heavy atom. The molecule has 24 heavy (non-hydrogen) atoms. The molecule has 0 radical (unpaired) electrons. The number of carbonyl (C=O) groups is 2. The quantitative estimate of drug-likeness (QED) is 0.818. The number of fused-ring (bicyclic) bond motifs is 2. The van der Waals surface area contributed by atoms with Gasteiger partial charge in [0.1, 0.15) is 5.56 Å². The maximum absolute atomic E-state index is 12.7. The van der Waals surface area contributed by atoms with Gasteiger partial charge in [-0.15, -0.1) is 0 Å². The van der Waals surface area contributed by atoms with Crippen molar-refractivity contribution in [1.82, 2.24) is 9.88 Å². The third-order valence-corrected chi connectivity index (χ3v) is 3.86. The van der Waals surface area contributed by atoms with Gasteiger partial charge in [-0.3, -0.25) is 9.59 Å². The molecule has 0 saturated heterocycles. The number of carboxylic acids is 1. The Morgan fingerprint density at radius 2 is 2.00 bits per heavy atom. The van der Waals surface area contributed by atoms with Gasteiger partial charge in [0.15, 0.2) is 11.5 Å². The molecule has 0 spiro atoms. The van der Waals surface area contributed by atoms with E-state index in [1.54, 1.807) is 10.6 Å². The number of aliphatic carboxylic acids is 1. The number of nitrogens with one attached hydrogen (secondary N) is 1. The van der Waals surface area contributed by atoms with Crippen LogP contribution in [0.3, 0.4) is 0 Å². The van der Waals surface area contributed by atoms with E-state index >= 15 is 0 Å².